The lowest BCUT2D eigenvalue weighted by Gasteiger charge is -2.38. The second kappa shape index (κ2) is 9.29. The van der Waals surface area contributed by atoms with E-state index in [-0.39, 0.29) is 10.5 Å². The molecule has 0 radical (unpaired) electrons. The maximum atomic E-state index is 12.1. The summed E-state index contributed by atoms with van der Waals surface area (Å²) in [6, 6.07) is 19.7. The van der Waals surface area contributed by atoms with Crippen molar-refractivity contribution in [1.82, 2.24) is 10.5 Å². The number of rotatable bonds is 6. The third-order valence-corrected chi connectivity index (χ3v) is 7.49. The lowest BCUT2D eigenvalue weighted by molar-refractivity contribution is -0.0414. The minimum Gasteiger partial charge on any atom is -0.365 e. The summed E-state index contributed by atoms with van der Waals surface area (Å²) in [6.45, 7) is 1.37. The zero-order chi connectivity index (χ0) is 25.3. The molecule has 1 fully saturated rings. The van der Waals surface area contributed by atoms with Gasteiger partial charge in [0.1, 0.15) is 17.2 Å². The number of carbonyl (C=O) groups excluding carboxylic acids is 1. The van der Waals surface area contributed by atoms with Crippen molar-refractivity contribution < 1.29 is 18.0 Å². The first kappa shape index (κ1) is 23.8. The smallest absolute Gasteiger partial charge is 0.252 e. The lowest BCUT2D eigenvalue weighted by atomic mass is 9.91. The van der Waals surface area contributed by atoms with Crippen LogP contribution in [0.2, 0.25) is 0 Å². The summed E-state index contributed by atoms with van der Waals surface area (Å²) >= 11 is 0. The molecule has 36 heavy (non-hydrogen) atoms. The number of aromatic nitrogens is 1. The van der Waals surface area contributed by atoms with Gasteiger partial charge in [-0.05, 0) is 60.9 Å². The third kappa shape index (κ3) is 4.91. The van der Waals surface area contributed by atoms with Gasteiger partial charge in [-0.25, -0.2) is 13.4 Å². The molecule has 5 rings (SSSR count). The predicted molar refractivity (Wildman–Crippen MR) is 138 cm³/mol. The van der Waals surface area contributed by atoms with E-state index in [1.807, 2.05) is 30.3 Å². The molecule has 1 aromatic heterocycles. The molecule has 0 aliphatic carbocycles. The van der Waals surface area contributed by atoms with E-state index < -0.39 is 21.3 Å². The van der Waals surface area contributed by atoms with Crippen LogP contribution in [0.1, 0.15) is 28.8 Å². The van der Waals surface area contributed by atoms with Crippen LogP contribution in [0.25, 0.3) is 5.70 Å². The Labute approximate surface area is 209 Å². The first-order chi connectivity index (χ1) is 17.2. The Kier molecular flexibility index (Phi) is 6.15. The fourth-order valence-electron chi connectivity index (χ4n) is 4.53. The van der Waals surface area contributed by atoms with E-state index in [2.05, 4.69) is 21.8 Å². The number of carbonyl (C=O) groups is 1. The highest BCUT2D eigenvalue weighted by Gasteiger charge is 2.40. The normalized spacial score (nSPS) is 19.6. The van der Waals surface area contributed by atoms with Crippen LogP contribution in [0.5, 0.6) is 0 Å². The number of nitrogens with zero attached hydrogens (tertiary/aromatic N) is 2. The van der Waals surface area contributed by atoms with Gasteiger partial charge in [0, 0.05) is 18.5 Å². The summed E-state index contributed by atoms with van der Waals surface area (Å²) in [5.74, 6) is 0.371. The van der Waals surface area contributed by atoms with Gasteiger partial charge in [0.15, 0.2) is 9.84 Å². The Morgan fingerprint density at radius 3 is 2.56 bits per heavy atom. The Morgan fingerprint density at radius 1 is 1.11 bits per heavy atom. The van der Waals surface area contributed by atoms with Crippen molar-refractivity contribution in [3.8, 4) is 0 Å². The first-order valence-electron chi connectivity index (χ1n) is 11.6. The molecular formula is C26H27N5O4S. The van der Waals surface area contributed by atoms with Crippen molar-refractivity contribution in [3.05, 3.63) is 83.9 Å². The maximum absolute atomic E-state index is 12.1. The van der Waals surface area contributed by atoms with Crippen molar-refractivity contribution in [2.45, 2.75) is 23.3 Å². The van der Waals surface area contributed by atoms with Crippen molar-refractivity contribution in [2.75, 3.05) is 29.6 Å². The fraction of sp³-hybridized carbons (Fsp3) is 0.231. The topological polar surface area (TPSA) is 127 Å². The highest BCUT2D eigenvalue weighted by atomic mass is 32.2. The molecule has 1 amide bonds. The minimum absolute atomic E-state index is 0.205. The van der Waals surface area contributed by atoms with Crippen LogP contribution in [-0.2, 0) is 14.7 Å². The number of primary amides is 1. The predicted octanol–water partition coefficient (Wildman–Crippen LogP) is 3.24. The standard InChI is InChI=1S/C26H27N5O4S/c1-36(33,34)20-10-8-19(9-11-20)28-25-21(24(27)32)12-13-23(29-25)31-15-5-14-26(17-31)16-22(30-35-26)18-6-3-2-4-7-18/h2-4,6-13,16,30H,5,14-15,17H2,1H3,(H2,27,32)(H,28,29). The number of nitrogens with two attached hydrogens (primary N) is 1. The Balaban J connectivity index is 1.40. The molecule has 4 N–H and O–H groups in total. The largest absolute Gasteiger partial charge is 0.365 e. The molecule has 2 aliphatic heterocycles. The molecule has 9 nitrogen and oxygen atoms in total. The van der Waals surface area contributed by atoms with Gasteiger partial charge < -0.3 is 16.0 Å². The molecule has 2 aliphatic rings. The van der Waals surface area contributed by atoms with E-state index in [4.69, 9.17) is 15.6 Å². The molecule has 0 saturated carbocycles. The van der Waals surface area contributed by atoms with E-state index in [0.29, 0.717) is 23.9 Å². The van der Waals surface area contributed by atoms with Crippen LogP contribution in [0.15, 0.2) is 77.7 Å². The van der Waals surface area contributed by atoms with Crippen LogP contribution in [0.3, 0.4) is 0 Å². The van der Waals surface area contributed by atoms with E-state index in [0.717, 1.165) is 36.9 Å². The van der Waals surface area contributed by atoms with E-state index >= 15 is 0 Å². The highest BCUT2D eigenvalue weighted by Crippen LogP contribution is 2.35. The van der Waals surface area contributed by atoms with Crippen molar-refractivity contribution >= 4 is 38.8 Å². The minimum atomic E-state index is -3.31. The zero-order valence-electron chi connectivity index (χ0n) is 19.8. The van der Waals surface area contributed by atoms with Crippen molar-refractivity contribution in [3.63, 3.8) is 0 Å². The van der Waals surface area contributed by atoms with Gasteiger partial charge in [-0.2, -0.15) is 0 Å². The first-order valence-corrected chi connectivity index (χ1v) is 13.5. The van der Waals surface area contributed by atoms with Crippen LogP contribution >= 0.6 is 0 Å². The molecule has 1 saturated heterocycles. The van der Waals surface area contributed by atoms with Gasteiger partial charge in [0.2, 0.25) is 0 Å². The Hall–Kier alpha value is -3.89. The van der Waals surface area contributed by atoms with Crippen molar-refractivity contribution in [1.29, 1.82) is 0 Å². The lowest BCUT2D eigenvalue weighted by Crippen LogP contribution is -2.48. The van der Waals surface area contributed by atoms with E-state index in [1.165, 1.54) is 12.1 Å². The molecule has 3 aromatic rings. The average Bonchev–Trinajstić information content (AvgIpc) is 3.27. The molecule has 0 bridgehead atoms. The van der Waals surface area contributed by atoms with E-state index in [1.54, 1.807) is 24.3 Å². The second-order valence-corrected chi connectivity index (χ2v) is 11.1. The van der Waals surface area contributed by atoms with Crippen LogP contribution in [-0.4, -0.2) is 44.3 Å². The fourth-order valence-corrected chi connectivity index (χ4v) is 5.16. The molecule has 1 unspecified atom stereocenters. The van der Waals surface area contributed by atoms with Crippen molar-refractivity contribution in [2.24, 2.45) is 5.73 Å². The number of nitrogens with one attached hydrogen (secondary N) is 2. The maximum Gasteiger partial charge on any atom is 0.252 e. The van der Waals surface area contributed by atoms with E-state index in [9.17, 15) is 13.2 Å². The number of pyridine rings is 1. The average molecular weight is 506 g/mol. The van der Waals surface area contributed by atoms with Gasteiger partial charge in [0.25, 0.3) is 5.91 Å². The number of amides is 1. The van der Waals surface area contributed by atoms with Gasteiger partial charge in [-0.3, -0.25) is 15.1 Å². The van der Waals surface area contributed by atoms with Crippen LogP contribution in [0.4, 0.5) is 17.3 Å². The number of piperidine rings is 1. The highest BCUT2D eigenvalue weighted by molar-refractivity contribution is 7.90. The quantitative estimate of drug-likeness (QED) is 0.466. The van der Waals surface area contributed by atoms with Gasteiger partial charge >= 0.3 is 0 Å². The Morgan fingerprint density at radius 2 is 1.86 bits per heavy atom. The monoisotopic (exact) mass is 505 g/mol. The van der Waals surface area contributed by atoms with Crippen LogP contribution in [0, 0.1) is 0 Å². The summed E-state index contributed by atoms with van der Waals surface area (Å²) in [7, 11) is -3.31. The molecule has 1 atom stereocenters. The third-order valence-electron chi connectivity index (χ3n) is 6.36. The summed E-state index contributed by atoms with van der Waals surface area (Å²) in [5, 5.41) is 3.11. The van der Waals surface area contributed by atoms with Crippen LogP contribution < -0.4 is 21.4 Å². The molecule has 2 aromatic carbocycles. The number of hydroxylamine groups is 1. The summed E-state index contributed by atoms with van der Waals surface area (Å²) in [4.78, 5) is 25.2. The second-order valence-electron chi connectivity index (χ2n) is 9.07. The number of benzene rings is 2. The van der Waals surface area contributed by atoms with Gasteiger partial charge in [0.05, 0.1) is 22.7 Å². The number of hydrogen-bond donors (Lipinski definition) is 3. The molecule has 3 heterocycles. The molecule has 1 spiro atoms. The molecular weight excluding hydrogens is 478 g/mol. The van der Waals surface area contributed by atoms with Gasteiger partial charge in [-0.1, -0.05) is 30.3 Å². The number of sulfone groups is 1. The summed E-state index contributed by atoms with van der Waals surface area (Å²) < 4.78 is 23.5. The number of anilines is 3. The summed E-state index contributed by atoms with van der Waals surface area (Å²) in [6.07, 6.45) is 5.05. The zero-order valence-corrected chi connectivity index (χ0v) is 20.6. The summed E-state index contributed by atoms with van der Waals surface area (Å²) in [5.41, 5.74) is 11.0. The Bertz CT molecular complexity index is 1420. The number of hydrogen-bond acceptors (Lipinski definition) is 8. The SMILES string of the molecule is CS(=O)(=O)c1ccc(Nc2nc(N3CCCC4(C=C(c5ccccc5)NO4)C3)ccc2C(N)=O)cc1. The molecule has 10 heteroatoms. The van der Waals surface area contributed by atoms with Gasteiger partial charge in [-0.15, -0.1) is 0 Å². The molecule has 186 valence electrons.